The highest BCUT2D eigenvalue weighted by molar-refractivity contribution is 9.10. The molecule has 0 aromatic heterocycles. The summed E-state index contributed by atoms with van der Waals surface area (Å²) >= 11 is 5.31. The van der Waals surface area contributed by atoms with Crippen molar-refractivity contribution in [1.82, 2.24) is 0 Å². The first-order chi connectivity index (χ1) is 10.8. The molecular formula is C18H20BrNO2S. The maximum absolute atomic E-state index is 11.8. The molecule has 0 aliphatic carbocycles. The second-order valence-corrected chi connectivity index (χ2v) is 7.92. The molecule has 0 spiro atoms. The Labute approximate surface area is 149 Å². The number of nitrogens with one attached hydrogen (secondary N) is 1. The van der Waals surface area contributed by atoms with Crippen molar-refractivity contribution < 1.29 is 9.53 Å². The van der Waals surface area contributed by atoms with E-state index in [9.17, 15) is 4.79 Å². The van der Waals surface area contributed by atoms with Gasteiger partial charge in [0.05, 0.1) is 0 Å². The van der Waals surface area contributed by atoms with Crippen LogP contribution in [0.4, 0.5) is 10.5 Å². The topological polar surface area (TPSA) is 38.3 Å². The fourth-order valence-corrected chi connectivity index (χ4v) is 3.45. The molecule has 23 heavy (non-hydrogen) atoms. The van der Waals surface area contributed by atoms with Crippen LogP contribution in [0.2, 0.25) is 0 Å². The molecule has 0 fully saturated rings. The Morgan fingerprint density at radius 1 is 1.17 bits per heavy atom. The second-order valence-electron chi connectivity index (χ2n) is 6.05. The number of carbonyl (C=O) groups excluding carboxylic acids is 1. The molecule has 0 aliphatic heterocycles. The normalized spacial score (nSPS) is 11.1. The van der Waals surface area contributed by atoms with E-state index >= 15 is 0 Å². The van der Waals surface area contributed by atoms with E-state index in [1.54, 1.807) is 11.8 Å². The van der Waals surface area contributed by atoms with Gasteiger partial charge in [-0.15, -0.1) is 11.8 Å². The van der Waals surface area contributed by atoms with E-state index in [4.69, 9.17) is 4.74 Å². The van der Waals surface area contributed by atoms with Crippen LogP contribution in [-0.4, -0.2) is 11.7 Å². The molecule has 122 valence electrons. The first-order valence-corrected chi connectivity index (χ1v) is 9.08. The number of benzene rings is 2. The number of anilines is 1. The molecule has 0 radical (unpaired) electrons. The van der Waals surface area contributed by atoms with Gasteiger partial charge in [0.2, 0.25) is 0 Å². The Bertz CT molecular complexity index is 668. The highest BCUT2D eigenvalue weighted by Gasteiger charge is 2.16. The minimum atomic E-state index is -0.507. The Morgan fingerprint density at radius 2 is 1.87 bits per heavy atom. The minimum Gasteiger partial charge on any atom is -0.444 e. The zero-order valence-electron chi connectivity index (χ0n) is 13.4. The van der Waals surface area contributed by atoms with Gasteiger partial charge in [0.1, 0.15) is 5.60 Å². The van der Waals surface area contributed by atoms with Gasteiger partial charge in [0.15, 0.2) is 0 Å². The van der Waals surface area contributed by atoms with Crippen molar-refractivity contribution in [3.8, 4) is 0 Å². The van der Waals surface area contributed by atoms with Crippen LogP contribution in [0.15, 0.2) is 57.9 Å². The smallest absolute Gasteiger partial charge is 0.412 e. The molecule has 0 aliphatic rings. The maximum atomic E-state index is 11.8. The zero-order chi connectivity index (χ0) is 16.9. The summed E-state index contributed by atoms with van der Waals surface area (Å²) in [5.41, 5.74) is 1.47. The van der Waals surface area contributed by atoms with E-state index in [1.807, 2.05) is 57.2 Å². The Morgan fingerprint density at radius 3 is 2.48 bits per heavy atom. The average Bonchev–Trinajstić information content (AvgIpc) is 2.45. The summed E-state index contributed by atoms with van der Waals surface area (Å²) in [6, 6.07) is 16.1. The predicted octanol–water partition coefficient (Wildman–Crippen LogP) is 6.09. The highest BCUT2D eigenvalue weighted by atomic mass is 79.9. The third-order valence-corrected chi connectivity index (χ3v) is 4.88. The van der Waals surface area contributed by atoms with Crippen molar-refractivity contribution in [1.29, 1.82) is 0 Å². The first kappa shape index (κ1) is 17.9. The van der Waals surface area contributed by atoms with Crippen molar-refractivity contribution in [2.24, 2.45) is 0 Å². The van der Waals surface area contributed by atoms with Crippen LogP contribution in [0, 0.1) is 0 Å². The molecular weight excluding hydrogens is 374 g/mol. The van der Waals surface area contributed by atoms with Crippen LogP contribution in [0.1, 0.15) is 26.3 Å². The van der Waals surface area contributed by atoms with E-state index < -0.39 is 11.7 Å². The third-order valence-electron chi connectivity index (χ3n) is 2.81. The van der Waals surface area contributed by atoms with E-state index in [0.717, 1.165) is 15.1 Å². The van der Waals surface area contributed by atoms with Gasteiger partial charge >= 0.3 is 6.09 Å². The van der Waals surface area contributed by atoms with Crippen LogP contribution in [-0.2, 0) is 10.5 Å². The molecule has 0 bridgehead atoms. The minimum absolute atomic E-state index is 0.450. The molecule has 2 aromatic carbocycles. The van der Waals surface area contributed by atoms with Gasteiger partial charge < -0.3 is 4.74 Å². The summed E-state index contributed by atoms with van der Waals surface area (Å²) in [6.07, 6.45) is -0.450. The van der Waals surface area contributed by atoms with Gasteiger partial charge in [-0.3, -0.25) is 5.32 Å². The van der Waals surface area contributed by atoms with Crippen molar-refractivity contribution in [3.63, 3.8) is 0 Å². The SMILES string of the molecule is CC(C)(C)OC(=O)Nc1ccc(SCc2ccccc2)c(Br)c1. The zero-order valence-corrected chi connectivity index (χ0v) is 15.8. The summed E-state index contributed by atoms with van der Waals surface area (Å²) in [4.78, 5) is 12.9. The number of hydrogen-bond donors (Lipinski definition) is 1. The van der Waals surface area contributed by atoms with Gasteiger partial charge in [-0.1, -0.05) is 30.3 Å². The van der Waals surface area contributed by atoms with Gasteiger partial charge in [-0.25, -0.2) is 4.79 Å². The molecule has 0 atom stereocenters. The summed E-state index contributed by atoms with van der Waals surface area (Å²) in [5, 5.41) is 2.74. The molecule has 5 heteroatoms. The number of ether oxygens (including phenoxy) is 1. The van der Waals surface area contributed by atoms with E-state index in [-0.39, 0.29) is 0 Å². The first-order valence-electron chi connectivity index (χ1n) is 7.30. The quantitative estimate of drug-likeness (QED) is 0.638. The maximum Gasteiger partial charge on any atom is 0.412 e. The second kappa shape index (κ2) is 7.88. The molecule has 1 N–H and O–H groups in total. The van der Waals surface area contributed by atoms with Gasteiger partial charge in [-0.05, 0) is 60.5 Å². The molecule has 0 unspecified atom stereocenters. The largest absolute Gasteiger partial charge is 0.444 e. The summed E-state index contributed by atoms with van der Waals surface area (Å²) in [5.74, 6) is 0.901. The lowest BCUT2D eigenvalue weighted by atomic mass is 10.2. The lowest BCUT2D eigenvalue weighted by Crippen LogP contribution is -2.27. The molecule has 2 rings (SSSR count). The van der Waals surface area contributed by atoms with E-state index in [2.05, 4.69) is 33.4 Å². The van der Waals surface area contributed by atoms with Crippen LogP contribution >= 0.6 is 27.7 Å². The van der Waals surface area contributed by atoms with Crippen molar-refractivity contribution in [3.05, 3.63) is 58.6 Å². The average molecular weight is 394 g/mol. The van der Waals surface area contributed by atoms with E-state index in [0.29, 0.717) is 5.69 Å². The fourth-order valence-electron chi connectivity index (χ4n) is 1.85. The predicted molar refractivity (Wildman–Crippen MR) is 100 cm³/mol. The number of thioether (sulfide) groups is 1. The summed E-state index contributed by atoms with van der Waals surface area (Å²) in [6.45, 7) is 5.52. The Balaban J connectivity index is 1.96. The highest BCUT2D eigenvalue weighted by Crippen LogP contribution is 2.32. The summed E-state index contributed by atoms with van der Waals surface area (Å²) in [7, 11) is 0. The van der Waals surface area contributed by atoms with Gasteiger partial charge in [0.25, 0.3) is 0 Å². The molecule has 1 amide bonds. The lowest BCUT2D eigenvalue weighted by Gasteiger charge is -2.19. The standard InChI is InChI=1S/C18H20BrNO2S/c1-18(2,3)22-17(21)20-14-9-10-16(15(19)11-14)23-12-13-7-5-4-6-8-13/h4-11H,12H2,1-3H3,(H,20,21). The summed E-state index contributed by atoms with van der Waals surface area (Å²) < 4.78 is 6.20. The molecule has 0 saturated carbocycles. The van der Waals surface area contributed by atoms with Crippen LogP contribution in [0.3, 0.4) is 0 Å². The lowest BCUT2D eigenvalue weighted by molar-refractivity contribution is 0.0636. The van der Waals surface area contributed by atoms with Crippen LogP contribution in [0.5, 0.6) is 0 Å². The van der Waals surface area contributed by atoms with E-state index in [1.165, 1.54) is 5.56 Å². The molecule has 0 heterocycles. The van der Waals surface area contributed by atoms with Gasteiger partial charge in [0, 0.05) is 20.8 Å². The number of amides is 1. The fraction of sp³-hybridized carbons (Fsp3) is 0.278. The van der Waals surface area contributed by atoms with Crippen molar-refractivity contribution in [2.45, 2.75) is 37.0 Å². The Kier molecular flexibility index (Phi) is 6.13. The third kappa shape index (κ3) is 6.28. The monoisotopic (exact) mass is 393 g/mol. The molecule has 3 nitrogen and oxygen atoms in total. The number of halogens is 1. The Hall–Kier alpha value is -1.46. The molecule has 2 aromatic rings. The number of carbonyl (C=O) groups is 1. The molecule has 0 saturated heterocycles. The van der Waals surface area contributed by atoms with Crippen molar-refractivity contribution >= 4 is 39.5 Å². The van der Waals surface area contributed by atoms with Crippen LogP contribution in [0.25, 0.3) is 0 Å². The number of hydrogen-bond acceptors (Lipinski definition) is 3. The van der Waals surface area contributed by atoms with Gasteiger partial charge in [-0.2, -0.15) is 0 Å². The van der Waals surface area contributed by atoms with Crippen LogP contribution < -0.4 is 5.32 Å². The number of rotatable bonds is 4. The van der Waals surface area contributed by atoms with Crippen molar-refractivity contribution in [2.75, 3.05) is 5.32 Å².